The van der Waals surface area contributed by atoms with Gasteiger partial charge >= 0.3 is 0 Å². The lowest BCUT2D eigenvalue weighted by Gasteiger charge is -2.24. The lowest BCUT2D eigenvalue weighted by molar-refractivity contribution is 0.439. The lowest BCUT2D eigenvalue weighted by atomic mass is 10.2. The first-order chi connectivity index (χ1) is 7.27. The number of halogens is 1. The van der Waals surface area contributed by atoms with Crippen molar-refractivity contribution in [1.82, 2.24) is 9.88 Å². The molecule has 0 radical (unpaired) electrons. The van der Waals surface area contributed by atoms with Crippen molar-refractivity contribution in [3.8, 4) is 0 Å². The van der Waals surface area contributed by atoms with Gasteiger partial charge in [0.25, 0.3) is 0 Å². The van der Waals surface area contributed by atoms with Gasteiger partial charge in [0.1, 0.15) is 0 Å². The molecule has 1 N–H and O–H groups in total. The molecule has 78 valence electrons. The van der Waals surface area contributed by atoms with Crippen LogP contribution in [0.25, 0.3) is 10.9 Å². The molecule has 1 aromatic heterocycles. The summed E-state index contributed by atoms with van der Waals surface area (Å²) in [6.45, 7) is 4.20. The molecule has 1 aliphatic rings. The van der Waals surface area contributed by atoms with Gasteiger partial charge in [-0.1, -0.05) is 17.7 Å². The van der Waals surface area contributed by atoms with Gasteiger partial charge in [0.2, 0.25) is 0 Å². The van der Waals surface area contributed by atoms with Crippen molar-refractivity contribution in [3.05, 3.63) is 35.0 Å². The van der Waals surface area contributed by atoms with E-state index in [-0.39, 0.29) is 0 Å². The van der Waals surface area contributed by atoms with Gasteiger partial charge in [0.05, 0.1) is 5.52 Å². The molecule has 1 aromatic carbocycles. The maximum absolute atomic E-state index is 6.19. The first-order valence-electron chi connectivity index (χ1n) is 5.26. The van der Waals surface area contributed by atoms with Crippen molar-refractivity contribution in [2.24, 2.45) is 0 Å². The molecule has 0 fully saturated rings. The second-order valence-electron chi connectivity index (χ2n) is 4.16. The Morgan fingerprint density at radius 3 is 3.20 bits per heavy atom. The van der Waals surface area contributed by atoms with E-state index in [1.807, 2.05) is 12.1 Å². The Balaban J connectivity index is 2.36. The van der Waals surface area contributed by atoms with Crippen LogP contribution in [0.3, 0.4) is 0 Å². The Hall–Kier alpha value is -0.990. The van der Waals surface area contributed by atoms with Crippen molar-refractivity contribution in [3.63, 3.8) is 0 Å². The fourth-order valence-electron chi connectivity index (χ4n) is 2.43. The van der Waals surface area contributed by atoms with Crippen LogP contribution in [0.5, 0.6) is 0 Å². The topological polar surface area (TPSA) is 17.0 Å². The van der Waals surface area contributed by atoms with E-state index in [4.69, 9.17) is 11.6 Å². The van der Waals surface area contributed by atoms with Crippen molar-refractivity contribution in [2.45, 2.75) is 19.5 Å². The Morgan fingerprint density at radius 1 is 1.47 bits per heavy atom. The smallest absolute Gasteiger partial charge is 0.0501 e. The van der Waals surface area contributed by atoms with E-state index in [0.717, 1.165) is 18.1 Å². The molecule has 0 unspecified atom stereocenters. The van der Waals surface area contributed by atoms with Crippen LogP contribution in [0.2, 0.25) is 5.02 Å². The Morgan fingerprint density at radius 2 is 2.33 bits per heavy atom. The highest BCUT2D eigenvalue weighted by Crippen LogP contribution is 2.30. The van der Waals surface area contributed by atoms with E-state index in [0.29, 0.717) is 6.04 Å². The largest absolute Gasteiger partial charge is 0.339 e. The zero-order valence-corrected chi connectivity index (χ0v) is 9.38. The van der Waals surface area contributed by atoms with Crippen LogP contribution >= 0.6 is 11.6 Å². The van der Waals surface area contributed by atoms with Gasteiger partial charge in [-0.15, -0.1) is 0 Å². The summed E-state index contributed by atoms with van der Waals surface area (Å²) in [7, 11) is 0. The summed E-state index contributed by atoms with van der Waals surface area (Å²) in [6.07, 6.45) is 0. The van der Waals surface area contributed by atoms with Gasteiger partial charge in [-0.25, -0.2) is 0 Å². The number of hydrogen-bond donors (Lipinski definition) is 1. The molecule has 3 heteroatoms. The summed E-state index contributed by atoms with van der Waals surface area (Å²) in [6, 6.07) is 8.82. The average molecular weight is 221 g/mol. The lowest BCUT2D eigenvalue weighted by Crippen LogP contribution is -2.30. The summed E-state index contributed by atoms with van der Waals surface area (Å²) >= 11 is 6.19. The normalized spacial score (nSPS) is 20.5. The van der Waals surface area contributed by atoms with E-state index in [1.165, 1.54) is 16.6 Å². The van der Waals surface area contributed by atoms with E-state index in [2.05, 4.69) is 28.9 Å². The molecule has 0 saturated heterocycles. The van der Waals surface area contributed by atoms with E-state index < -0.39 is 0 Å². The second kappa shape index (κ2) is 3.26. The van der Waals surface area contributed by atoms with Crippen molar-refractivity contribution >= 4 is 22.5 Å². The van der Waals surface area contributed by atoms with Gasteiger partial charge in [-0.3, -0.25) is 0 Å². The van der Waals surface area contributed by atoms with Gasteiger partial charge in [-0.05, 0) is 25.1 Å². The summed E-state index contributed by atoms with van der Waals surface area (Å²) in [5.41, 5.74) is 2.59. The summed E-state index contributed by atoms with van der Waals surface area (Å²) in [4.78, 5) is 0. The molecule has 0 amide bonds. The maximum Gasteiger partial charge on any atom is 0.0501 e. The third kappa shape index (κ3) is 1.29. The molecular formula is C12H13ClN2. The number of aromatic nitrogens is 1. The zero-order valence-electron chi connectivity index (χ0n) is 8.63. The van der Waals surface area contributed by atoms with Crippen molar-refractivity contribution in [2.75, 3.05) is 6.54 Å². The minimum atomic E-state index is 0.504. The zero-order chi connectivity index (χ0) is 10.4. The molecule has 0 spiro atoms. The van der Waals surface area contributed by atoms with Crippen LogP contribution in [-0.2, 0) is 6.54 Å². The Kier molecular flexibility index (Phi) is 2.01. The summed E-state index contributed by atoms with van der Waals surface area (Å²) in [5.74, 6) is 0. The number of rotatable bonds is 0. The monoisotopic (exact) mass is 220 g/mol. The van der Waals surface area contributed by atoms with E-state index in [1.54, 1.807) is 0 Å². The fraction of sp³-hybridized carbons (Fsp3) is 0.333. The van der Waals surface area contributed by atoms with Gasteiger partial charge in [0.15, 0.2) is 0 Å². The number of nitrogens with one attached hydrogen (secondary N) is 1. The molecule has 1 aliphatic heterocycles. The molecule has 0 saturated carbocycles. The molecule has 3 rings (SSSR count). The third-order valence-corrected chi connectivity index (χ3v) is 3.43. The predicted molar refractivity (Wildman–Crippen MR) is 63.4 cm³/mol. The molecule has 1 atom stereocenters. The van der Waals surface area contributed by atoms with Crippen LogP contribution in [0, 0.1) is 0 Å². The predicted octanol–water partition coefficient (Wildman–Crippen LogP) is 2.96. The number of benzene rings is 1. The molecule has 2 heterocycles. The van der Waals surface area contributed by atoms with Gasteiger partial charge in [0, 0.05) is 35.2 Å². The summed E-state index contributed by atoms with van der Waals surface area (Å²) in [5, 5.41) is 5.43. The highest BCUT2D eigenvalue weighted by atomic mass is 35.5. The van der Waals surface area contributed by atoms with E-state index in [9.17, 15) is 0 Å². The minimum Gasteiger partial charge on any atom is -0.339 e. The average Bonchev–Trinajstić information content (AvgIpc) is 2.59. The first kappa shape index (κ1) is 9.25. The number of fused-ring (bicyclic) bond motifs is 3. The maximum atomic E-state index is 6.19. The Labute approximate surface area is 93.8 Å². The second-order valence-corrected chi connectivity index (χ2v) is 4.57. The SMILES string of the molecule is C[C@@H]1CNCc2cc3c(Cl)cccc3n21. The molecule has 0 bridgehead atoms. The van der Waals surface area contributed by atoms with Gasteiger partial charge < -0.3 is 9.88 Å². The Bertz CT molecular complexity index is 516. The van der Waals surface area contributed by atoms with Crippen molar-refractivity contribution in [1.29, 1.82) is 0 Å². The van der Waals surface area contributed by atoms with Crippen molar-refractivity contribution < 1.29 is 0 Å². The minimum absolute atomic E-state index is 0.504. The van der Waals surface area contributed by atoms with Crippen LogP contribution < -0.4 is 5.32 Å². The van der Waals surface area contributed by atoms with Crippen LogP contribution in [-0.4, -0.2) is 11.1 Å². The third-order valence-electron chi connectivity index (χ3n) is 3.10. The summed E-state index contributed by atoms with van der Waals surface area (Å²) < 4.78 is 2.39. The van der Waals surface area contributed by atoms with Crippen LogP contribution in [0.1, 0.15) is 18.7 Å². The number of hydrogen-bond acceptors (Lipinski definition) is 1. The molecule has 2 aromatic rings. The standard InChI is InChI=1S/C12H13ClN2/c1-8-6-14-7-9-5-10-11(13)3-2-4-12(10)15(8)9/h2-5,8,14H,6-7H2,1H3/t8-/m1/s1. The molecule has 15 heavy (non-hydrogen) atoms. The highest BCUT2D eigenvalue weighted by Gasteiger charge is 2.18. The fourth-order valence-corrected chi connectivity index (χ4v) is 2.65. The molecule has 2 nitrogen and oxygen atoms in total. The van der Waals surface area contributed by atoms with Crippen LogP contribution in [0.4, 0.5) is 0 Å². The molecule has 0 aliphatic carbocycles. The number of nitrogens with zero attached hydrogens (tertiary/aromatic N) is 1. The quantitative estimate of drug-likeness (QED) is 0.723. The van der Waals surface area contributed by atoms with Crippen LogP contribution in [0.15, 0.2) is 24.3 Å². The first-order valence-corrected chi connectivity index (χ1v) is 5.64. The highest BCUT2D eigenvalue weighted by molar-refractivity contribution is 6.35. The molecular weight excluding hydrogens is 208 g/mol. The van der Waals surface area contributed by atoms with Gasteiger partial charge in [-0.2, -0.15) is 0 Å². The van der Waals surface area contributed by atoms with E-state index >= 15 is 0 Å².